The number of hydrogen-bond donors (Lipinski definition) is 3. The minimum absolute atomic E-state index is 0.00551. The summed E-state index contributed by atoms with van der Waals surface area (Å²) in [5.74, 6) is -1.38. The molecule has 0 saturated heterocycles. The van der Waals surface area contributed by atoms with Gasteiger partial charge in [-0.25, -0.2) is 0 Å². The number of rotatable bonds is 5. The molecular formula is C11H14Cl2N2O3. The molecule has 18 heavy (non-hydrogen) atoms. The van der Waals surface area contributed by atoms with Gasteiger partial charge in [-0.2, -0.15) is 0 Å². The Morgan fingerprint density at radius 3 is 2.44 bits per heavy atom. The van der Waals surface area contributed by atoms with Gasteiger partial charge in [0.1, 0.15) is 10.8 Å². The van der Waals surface area contributed by atoms with E-state index in [1.54, 1.807) is 0 Å². The summed E-state index contributed by atoms with van der Waals surface area (Å²) in [4.78, 5) is 25.2. The molecule has 3 N–H and O–H groups in total. The number of H-pyrrole nitrogens is 1. The third-order valence-electron chi connectivity index (χ3n) is 2.49. The Kier molecular flexibility index (Phi) is 5.04. The molecule has 0 aliphatic carbocycles. The Balaban J connectivity index is 2.75. The Hall–Kier alpha value is -1.20. The van der Waals surface area contributed by atoms with E-state index in [0.29, 0.717) is 0 Å². The maximum Gasteiger partial charge on any atom is 0.305 e. The summed E-state index contributed by atoms with van der Waals surface area (Å²) in [6, 6.07) is 0.952. The van der Waals surface area contributed by atoms with Crippen LogP contribution in [-0.4, -0.2) is 28.0 Å². The molecule has 1 amide bonds. The second-order valence-corrected chi connectivity index (χ2v) is 5.05. The fourth-order valence-electron chi connectivity index (χ4n) is 1.41. The zero-order chi connectivity index (χ0) is 13.9. The van der Waals surface area contributed by atoms with E-state index in [1.807, 2.05) is 13.8 Å². The van der Waals surface area contributed by atoms with Gasteiger partial charge in [0.2, 0.25) is 0 Å². The quantitative estimate of drug-likeness (QED) is 0.780. The first-order valence-electron chi connectivity index (χ1n) is 5.38. The highest BCUT2D eigenvalue weighted by Crippen LogP contribution is 2.22. The second-order valence-electron chi connectivity index (χ2n) is 4.27. The van der Waals surface area contributed by atoms with E-state index in [1.165, 1.54) is 6.07 Å². The monoisotopic (exact) mass is 292 g/mol. The lowest BCUT2D eigenvalue weighted by Gasteiger charge is -2.20. The maximum absolute atomic E-state index is 11.9. The summed E-state index contributed by atoms with van der Waals surface area (Å²) in [6.07, 6.45) is -0.133. The van der Waals surface area contributed by atoms with Crippen molar-refractivity contribution < 1.29 is 14.7 Å². The van der Waals surface area contributed by atoms with Gasteiger partial charge < -0.3 is 15.4 Å². The van der Waals surface area contributed by atoms with Crippen molar-refractivity contribution in [2.75, 3.05) is 0 Å². The highest BCUT2D eigenvalue weighted by molar-refractivity contribution is 6.41. The molecular weight excluding hydrogens is 279 g/mol. The normalized spacial score (nSPS) is 12.5. The molecule has 0 bridgehead atoms. The number of hydrogen-bond acceptors (Lipinski definition) is 2. The summed E-state index contributed by atoms with van der Waals surface area (Å²) in [5.41, 5.74) is 0.209. The van der Waals surface area contributed by atoms with Gasteiger partial charge in [0.05, 0.1) is 11.4 Å². The first-order valence-corrected chi connectivity index (χ1v) is 6.13. The lowest BCUT2D eigenvalue weighted by molar-refractivity contribution is -0.137. The molecule has 0 saturated carbocycles. The van der Waals surface area contributed by atoms with Crippen molar-refractivity contribution in [1.29, 1.82) is 0 Å². The molecule has 0 aliphatic heterocycles. The van der Waals surface area contributed by atoms with Crippen molar-refractivity contribution in [3.05, 3.63) is 21.9 Å². The van der Waals surface area contributed by atoms with Gasteiger partial charge in [-0.3, -0.25) is 9.59 Å². The van der Waals surface area contributed by atoms with E-state index in [4.69, 9.17) is 28.3 Å². The standard InChI is InChI=1S/C11H14Cl2N2O3/c1-5(2)7(4-9(16)17)15-11(18)8-3-6(12)10(13)14-8/h3,5,7,14H,4H2,1-2H3,(H,15,18)(H,16,17). The van der Waals surface area contributed by atoms with Crippen LogP contribution >= 0.6 is 23.2 Å². The SMILES string of the molecule is CC(C)C(CC(=O)O)NC(=O)c1cc(Cl)c(Cl)[nH]1. The zero-order valence-corrected chi connectivity index (χ0v) is 11.5. The average Bonchev–Trinajstić information content (AvgIpc) is 2.57. The van der Waals surface area contributed by atoms with Crippen LogP contribution in [0.4, 0.5) is 0 Å². The fraction of sp³-hybridized carbons (Fsp3) is 0.455. The number of halogens is 2. The van der Waals surface area contributed by atoms with Crippen molar-refractivity contribution in [1.82, 2.24) is 10.3 Å². The highest BCUT2D eigenvalue weighted by Gasteiger charge is 2.21. The van der Waals surface area contributed by atoms with E-state index >= 15 is 0 Å². The van der Waals surface area contributed by atoms with Gasteiger partial charge in [0.15, 0.2) is 0 Å². The zero-order valence-electron chi connectivity index (χ0n) is 9.96. The molecule has 0 spiro atoms. The molecule has 0 aromatic carbocycles. The predicted octanol–water partition coefficient (Wildman–Crippen LogP) is 2.55. The van der Waals surface area contributed by atoms with Crippen molar-refractivity contribution in [2.45, 2.75) is 26.3 Å². The van der Waals surface area contributed by atoms with Gasteiger partial charge in [0.25, 0.3) is 5.91 Å². The molecule has 0 fully saturated rings. The number of carbonyl (C=O) groups is 2. The fourth-order valence-corrected chi connectivity index (χ4v) is 1.73. The average molecular weight is 293 g/mol. The molecule has 1 heterocycles. The molecule has 0 aliphatic rings. The van der Waals surface area contributed by atoms with Gasteiger partial charge in [-0.05, 0) is 12.0 Å². The highest BCUT2D eigenvalue weighted by atomic mass is 35.5. The molecule has 100 valence electrons. The molecule has 1 aromatic heterocycles. The van der Waals surface area contributed by atoms with E-state index in [2.05, 4.69) is 10.3 Å². The Morgan fingerprint density at radius 2 is 2.06 bits per heavy atom. The number of carboxylic acids is 1. The van der Waals surface area contributed by atoms with Crippen LogP contribution in [-0.2, 0) is 4.79 Å². The van der Waals surface area contributed by atoms with Crippen LogP contribution in [0.1, 0.15) is 30.8 Å². The number of aliphatic carboxylic acids is 1. The minimum Gasteiger partial charge on any atom is -0.481 e. The lowest BCUT2D eigenvalue weighted by Crippen LogP contribution is -2.40. The largest absolute Gasteiger partial charge is 0.481 e. The first kappa shape index (κ1) is 14.9. The van der Waals surface area contributed by atoms with Crippen molar-refractivity contribution in [3.8, 4) is 0 Å². The molecule has 0 radical (unpaired) electrons. The number of aromatic nitrogens is 1. The summed E-state index contributed by atoms with van der Waals surface area (Å²) in [7, 11) is 0. The van der Waals surface area contributed by atoms with Crippen molar-refractivity contribution in [2.24, 2.45) is 5.92 Å². The van der Waals surface area contributed by atoms with Gasteiger partial charge in [-0.1, -0.05) is 37.0 Å². The maximum atomic E-state index is 11.9. The Labute approximate surface area is 114 Å². The number of aromatic amines is 1. The Bertz CT molecular complexity index is 438. The first-order chi connectivity index (χ1) is 8.31. The van der Waals surface area contributed by atoms with Crippen LogP contribution in [0.25, 0.3) is 0 Å². The minimum atomic E-state index is -0.962. The van der Waals surface area contributed by atoms with Gasteiger partial charge >= 0.3 is 5.97 Å². The molecule has 1 unspecified atom stereocenters. The number of nitrogens with one attached hydrogen (secondary N) is 2. The summed E-state index contributed by atoms with van der Waals surface area (Å²) in [5, 5.41) is 11.8. The van der Waals surface area contributed by atoms with Crippen LogP contribution in [0, 0.1) is 5.92 Å². The number of carboxylic acid groups (broad SMARTS) is 1. The third kappa shape index (κ3) is 3.92. The van der Waals surface area contributed by atoms with E-state index in [9.17, 15) is 9.59 Å². The molecule has 1 rings (SSSR count). The van der Waals surface area contributed by atoms with Crippen LogP contribution < -0.4 is 5.32 Å². The molecule has 1 aromatic rings. The smallest absolute Gasteiger partial charge is 0.305 e. The predicted molar refractivity (Wildman–Crippen MR) is 69.2 cm³/mol. The van der Waals surface area contributed by atoms with Crippen molar-refractivity contribution >= 4 is 35.1 Å². The van der Waals surface area contributed by atoms with E-state index in [-0.39, 0.29) is 28.2 Å². The van der Waals surface area contributed by atoms with Gasteiger partial charge in [-0.15, -0.1) is 0 Å². The summed E-state index contributed by atoms with van der Waals surface area (Å²) in [6.45, 7) is 3.67. The van der Waals surface area contributed by atoms with E-state index < -0.39 is 17.9 Å². The van der Waals surface area contributed by atoms with Crippen LogP contribution in [0.5, 0.6) is 0 Å². The lowest BCUT2D eigenvalue weighted by atomic mass is 10.0. The van der Waals surface area contributed by atoms with E-state index in [0.717, 1.165) is 0 Å². The molecule has 5 nitrogen and oxygen atoms in total. The molecule has 7 heteroatoms. The molecule has 1 atom stereocenters. The Morgan fingerprint density at radius 1 is 1.44 bits per heavy atom. The topological polar surface area (TPSA) is 82.2 Å². The van der Waals surface area contributed by atoms with Gasteiger partial charge in [0, 0.05) is 6.04 Å². The van der Waals surface area contributed by atoms with Crippen LogP contribution in [0.15, 0.2) is 6.07 Å². The van der Waals surface area contributed by atoms with Crippen molar-refractivity contribution in [3.63, 3.8) is 0 Å². The third-order valence-corrected chi connectivity index (χ3v) is 3.18. The van der Waals surface area contributed by atoms with Crippen LogP contribution in [0.2, 0.25) is 10.2 Å². The summed E-state index contributed by atoms with van der Waals surface area (Å²) < 4.78 is 0. The van der Waals surface area contributed by atoms with Crippen LogP contribution in [0.3, 0.4) is 0 Å². The summed E-state index contributed by atoms with van der Waals surface area (Å²) >= 11 is 11.4. The second kappa shape index (κ2) is 6.11. The number of carbonyl (C=O) groups excluding carboxylic acids is 1. The number of amides is 1.